The Labute approximate surface area is 133 Å². The first kappa shape index (κ1) is 18.4. The molecule has 1 aromatic rings. The normalized spacial score (nSPS) is 12.7. The second-order valence-electron chi connectivity index (χ2n) is 4.37. The molecule has 0 bridgehead atoms. The average Bonchev–Trinajstić information content (AvgIpc) is 2.59. The van der Waals surface area contributed by atoms with E-state index in [9.17, 15) is 14.4 Å². The summed E-state index contributed by atoms with van der Waals surface area (Å²) in [7, 11) is 2.23. The van der Waals surface area contributed by atoms with Crippen LogP contribution in [-0.4, -0.2) is 44.3 Å². The minimum absolute atomic E-state index is 0.000486. The van der Waals surface area contributed by atoms with Crippen LogP contribution in [0.15, 0.2) is 30.3 Å². The predicted molar refractivity (Wildman–Crippen MR) is 78.7 cm³/mol. The van der Waals surface area contributed by atoms with Crippen molar-refractivity contribution in [2.45, 2.75) is 18.7 Å². The molecule has 9 nitrogen and oxygen atoms in total. The Kier molecular flexibility index (Phi) is 7.51. The number of nitrogens with one attached hydrogen (secondary N) is 2. The smallest absolute Gasteiger partial charge is 0.408 e. The SMILES string of the molecule is COC(=O)[C@@H](NC(=O)OCc1ccccc1)[C@@H](NN)C(=O)OC. The lowest BCUT2D eigenvalue weighted by Crippen LogP contribution is -2.60. The van der Waals surface area contributed by atoms with Gasteiger partial charge in [0.15, 0.2) is 6.04 Å². The summed E-state index contributed by atoms with van der Waals surface area (Å²) >= 11 is 0. The Morgan fingerprint density at radius 3 is 2.13 bits per heavy atom. The lowest BCUT2D eigenvalue weighted by Gasteiger charge is -2.23. The summed E-state index contributed by atoms with van der Waals surface area (Å²) in [6.45, 7) is -0.000486. The zero-order valence-corrected chi connectivity index (χ0v) is 12.8. The van der Waals surface area contributed by atoms with E-state index < -0.39 is 30.1 Å². The number of rotatable bonds is 7. The molecule has 2 atom stereocenters. The molecule has 9 heteroatoms. The van der Waals surface area contributed by atoms with Gasteiger partial charge in [-0.1, -0.05) is 30.3 Å². The molecule has 1 rings (SSSR count). The number of hydrazine groups is 1. The summed E-state index contributed by atoms with van der Waals surface area (Å²) in [5.74, 6) is 3.51. The highest BCUT2D eigenvalue weighted by atomic mass is 16.6. The Morgan fingerprint density at radius 1 is 1.04 bits per heavy atom. The van der Waals surface area contributed by atoms with Crippen molar-refractivity contribution >= 4 is 18.0 Å². The van der Waals surface area contributed by atoms with Crippen molar-refractivity contribution in [2.75, 3.05) is 14.2 Å². The third-order valence-electron chi connectivity index (χ3n) is 2.91. The molecule has 0 aliphatic rings. The Balaban J connectivity index is 2.70. The highest BCUT2D eigenvalue weighted by Crippen LogP contribution is 2.03. The van der Waals surface area contributed by atoms with Gasteiger partial charge in [-0.15, -0.1) is 0 Å². The molecule has 0 spiro atoms. The topological polar surface area (TPSA) is 129 Å². The fraction of sp³-hybridized carbons (Fsp3) is 0.357. The molecular weight excluding hydrogens is 306 g/mol. The van der Waals surface area contributed by atoms with Gasteiger partial charge in [-0.25, -0.2) is 15.0 Å². The lowest BCUT2D eigenvalue weighted by atomic mass is 10.1. The quantitative estimate of drug-likeness (QED) is 0.264. The van der Waals surface area contributed by atoms with Gasteiger partial charge in [-0.05, 0) is 5.56 Å². The van der Waals surface area contributed by atoms with Crippen molar-refractivity contribution in [2.24, 2.45) is 5.84 Å². The molecule has 0 fully saturated rings. The van der Waals surface area contributed by atoms with Crippen molar-refractivity contribution in [1.29, 1.82) is 0 Å². The summed E-state index contributed by atoms with van der Waals surface area (Å²) < 4.78 is 14.0. The van der Waals surface area contributed by atoms with Crippen LogP contribution in [0.25, 0.3) is 0 Å². The highest BCUT2D eigenvalue weighted by Gasteiger charge is 2.36. The summed E-state index contributed by atoms with van der Waals surface area (Å²) in [6.07, 6.45) is -0.909. The van der Waals surface area contributed by atoms with Crippen LogP contribution in [0.5, 0.6) is 0 Å². The van der Waals surface area contributed by atoms with E-state index in [1.165, 1.54) is 0 Å². The van der Waals surface area contributed by atoms with Crippen LogP contribution >= 0.6 is 0 Å². The van der Waals surface area contributed by atoms with E-state index in [1.54, 1.807) is 24.3 Å². The molecule has 1 amide bonds. The van der Waals surface area contributed by atoms with Crippen LogP contribution in [0.3, 0.4) is 0 Å². The summed E-state index contributed by atoms with van der Waals surface area (Å²) in [6, 6.07) is 6.22. The Hall–Kier alpha value is -2.65. The van der Waals surface area contributed by atoms with Crippen LogP contribution < -0.4 is 16.6 Å². The fourth-order valence-electron chi connectivity index (χ4n) is 1.72. The Bertz CT molecular complexity index is 537. The third kappa shape index (κ3) is 5.57. The van der Waals surface area contributed by atoms with E-state index >= 15 is 0 Å². The molecule has 4 N–H and O–H groups in total. The first-order valence-electron chi connectivity index (χ1n) is 6.62. The van der Waals surface area contributed by atoms with Gasteiger partial charge in [-0.3, -0.25) is 10.6 Å². The van der Waals surface area contributed by atoms with Gasteiger partial charge in [0.1, 0.15) is 12.6 Å². The molecule has 0 saturated heterocycles. The first-order valence-corrected chi connectivity index (χ1v) is 6.62. The molecule has 0 saturated carbocycles. The Morgan fingerprint density at radius 2 is 1.61 bits per heavy atom. The number of ether oxygens (including phenoxy) is 3. The minimum atomic E-state index is -1.40. The van der Waals surface area contributed by atoms with E-state index in [0.29, 0.717) is 0 Å². The van der Waals surface area contributed by atoms with Crippen molar-refractivity contribution in [3.8, 4) is 0 Å². The largest absolute Gasteiger partial charge is 0.468 e. The maximum Gasteiger partial charge on any atom is 0.408 e. The standard InChI is InChI=1S/C14H19N3O6/c1-21-12(18)10(11(17-15)13(19)22-2)16-14(20)23-8-9-6-4-3-5-7-9/h3-7,10-11,17H,8,15H2,1-2H3,(H,16,20)/t10-,11+/m0/s1. The van der Waals surface area contributed by atoms with Crippen LogP contribution in [0.2, 0.25) is 0 Å². The van der Waals surface area contributed by atoms with E-state index in [2.05, 4.69) is 20.2 Å². The predicted octanol–water partition coefficient (Wildman–Crippen LogP) is -0.541. The van der Waals surface area contributed by atoms with Crippen LogP contribution in [0.4, 0.5) is 4.79 Å². The average molecular weight is 325 g/mol. The molecule has 1 aromatic carbocycles. The molecule has 126 valence electrons. The lowest BCUT2D eigenvalue weighted by molar-refractivity contribution is -0.152. The van der Waals surface area contributed by atoms with Crippen molar-refractivity contribution in [1.82, 2.24) is 10.7 Å². The zero-order valence-electron chi connectivity index (χ0n) is 12.8. The van der Waals surface area contributed by atoms with Gasteiger partial charge < -0.3 is 19.5 Å². The second kappa shape index (κ2) is 9.38. The van der Waals surface area contributed by atoms with E-state index in [-0.39, 0.29) is 6.61 Å². The molecule has 23 heavy (non-hydrogen) atoms. The number of esters is 2. The summed E-state index contributed by atoms with van der Waals surface area (Å²) in [5, 5.41) is 2.23. The summed E-state index contributed by atoms with van der Waals surface area (Å²) in [5.41, 5.74) is 2.86. The monoisotopic (exact) mass is 325 g/mol. The van der Waals surface area contributed by atoms with Gasteiger partial charge in [0.25, 0.3) is 0 Å². The van der Waals surface area contributed by atoms with Gasteiger partial charge >= 0.3 is 18.0 Å². The van der Waals surface area contributed by atoms with E-state index in [0.717, 1.165) is 19.8 Å². The molecule has 0 aliphatic heterocycles. The van der Waals surface area contributed by atoms with Crippen LogP contribution in [0, 0.1) is 0 Å². The maximum atomic E-state index is 11.8. The molecule has 0 aliphatic carbocycles. The molecular formula is C14H19N3O6. The van der Waals surface area contributed by atoms with Gasteiger partial charge in [0, 0.05) is 0 Å². The number of amides is 1. The molecule has 0 unspecified atom stereocenters. The minimum Gasteiger partial charge on any atom is -0.468 e. The number of alkyl carbamates (subject to hydrolysis) is 1. The van der Waals surface area contributed by atoms with Gasteiger partial charge in [0.05, 0.1) is 14.2 Å². The van der Waals surface area contributed by atoms with Gasteiger partial charge in [0.2, 0.25) is 0 Å². The van der Waals surface area contributed by atoms with Crippen LogP contribution in [0.1, 0.15) is 5.56 Å². The first-order chi connectivity index (χ1) is 11.0. The van der Waals surface area contributed by atoms with Gasteiger partial charge in [-0.2, -0.15) is 0 Å². The number of carbonyl (C=O) groups excluding carboxylic acids is 3. The van der Waals surface area contributed by atoms with E-state index in [4.69, 9.17) is 10.6 Å². The fourth-order valence-corrected chi connectivity index (χ4v) is 1.72. The molecule has 0 aromatic heterocycles. The number of methoxy groups -OCH3 is 2. The molecule has 0 radical (unpaired) electrons. The number of carbonyl (C=O) groups is 3. The third-order valence-corrected chi connectivity index (χ3v) is 2.91. The van der Waals surface area contributed by atoms with Crippen molar-refractivity contribution in [3.05, 3.63) is 35.9 Å². The van der Waals surface area contributed by atoms with Crippen LogP contribution in [-0.2, 0) is 30.4 Å². The second-order valence-corrected chi connectivity index (χ2v) is 4.37. The number of nitrogens with two attached hydrogens (primary N) is 1. The zero-order chi connectivity index (χ0) is 17.2. The number of benzene rings is 1. The summed E-state index contributed by atoms with van der Waals surface area (Å²) in [4.78, 5) is 35.2. The molecule has 0 heterocycles. The maximum absolute atomic E-state index is 11.8. The number of hydrogen-bond acceptors (Lipinski definition) is 8. The highest BCUT2D eigenvalue weighted by molar-refractivity contribution is 5.89. The van der Waals surface area contributed by atoms with Crippen molar-refractivity contribution < 1.29 is 28.6 Å². The van der Waals surface area contributed by atoms with Crippen molar-refractivity contribution in [3.63, 3.8) is 0 Å². The van der Waals surface area contributed by atoms with E-state index in [1.807, 2.05) is 6.07 Å². The number of hydrogen-bond donors (Lipinski definition) is 3.